The molecular weight excluding hydrogens is 312 g/mol. The standard InChI is InChI=1S/C17H22N2O5/c1-9(2)14(17(21)22)18-16(20)11-8-10-12(23-4)6-7-13(24-5)15(10)19(11)3/h6-9,14H,1-5H3,(H,18,20)(H,21,22)/p-1/t14-/m0/s1. The third-order valence-electron chi connectivity index (χ3n) is 4.00. The van der Waals surface area contributed by atoms with E-state index in [4.69, 9.17) is 9.47 Å². The second kappa shape index (κ2) is 6.82. The highest BCUT2D eigenvalue weighted by Gasteiger charge is 2.23. The molecule has 0 radical (unpaired) electrons. The highest BCUT2D eigenvalue weighted by molar-refractivity contribution is 6.03. The number of nitrogens with zero attached hydrogens (tertiary/aromatic N) is 1. The van der Waals surface area contributed by atoms with Crippen LogP contribution in [0.3, 0.4) is 0 Å². The topological polar surface area (TPSA) is 92.6 Å². The molecule has 0 aliphatic rings. The first kappa shape index (κ1) is 17.7. The van der Waals surface area contributed by atoms with E-state index in [1.54, 1.807) is 57.9 Å². The number of methoxy groups -OCH3 is 2. The zero-order valence-electron chi connectivity index (χ0n) is 14.4. The number of ether oxygens (including phenoxy) is 2. The van der Waals surface area contributed by atoms with Crippen LogP contribution in [0.4, 0.5) is 0 Å². The summed E-state index contributed by atoms with van der Waals surface area (Å²) in [5.74, 6) is -0.917. The molecule has 0 aliphatic heterocycles. The van der Waals surface area contributed by atoms with Gasteiger partial charge in [0.15, 0.2) is 0 Å². The number of carbonyl (C=O) groups is 2. The van der Waals surface area contributed by atoms with Gasteiger partial charge in [-0.3, -0.25) is 4.79 Å². The number of carboxylic acid groups (broad SMARTS) is 1. The Morgan fingerprint density at radius 1 is 1.17 bits per heavy atom. The molecule has 0 aliphatic carbocycles. The van der Waals surface area contributed by atoms with Crippen molar-refractivity contribution >= 4 is 22.8 Å². The van der Waals surface area contributed by atoms with E-state index in [1.165, 1.54) is 0 Å². The summed E-state index contributed by atoms with van der Waals surface area (Å²) in [5, 5.41) is 14.4. The van der Waals surface area contributed by atoms with Crippen LogP contribution in [-0.2, 0) is 11.8 Å². The Morgan fingerprint density at radius 3 is 2.25 bits per heavy atom. The Kier molecular flexibility index (Phi) is 5.02. The summed E-state index contributed by atoms with van der Waals surface area (Å²) in [6, 6.07) is 4.08. The Balaban J connectivity index is 2.51. The zero-order valence-corrected chi connectivity index (χ0v) is 14.4. The highest BCUT2D eigenvalue weighted by atomic mass is 16.5. The minimum atomic E-state index is -1.31. The van der Waals surface area contributed by atoms with Gasteiger partial charge in [0.2, 0.25) is 0 Å². The van der Waals surface area contributed by atoms with E-state index in [-0.39, 0.29) is 5.92 Å². The van der Waals surface area contributed by atoms with Gasteiger partial charge in [-0.15, -0.1) is 0 Å². The fourth-order valence-electron chi connectivity index (χ4n) is 2.68. The van der Waals surface area contributed by atoms with Gasteiger partial charge in [-0.1, -0.05) is 13.8 Å². The van der Waals surface area contributed by atoms with Gasteiger partial charge in [0.25, 0.3) is 5.91 Å². The van der Waals surface area contributed by atoms with Crippen molar-refractivity contribution < 1.29 is 24.2 Å². The molecule has 0 bridgehead atoms. The number of carboxylic acids is 1. The Bertz CT molecular complexity index is 779. The molecule has 0 fully saturated rings. The van der Waals surface area contributed by atoms with Crippen LogP contribution in [0.25, 0.3) is 10.9 Å². The van der Waals surface area contributed by atoms with Gasteiger partial charge in [-0.2, -0.15) is 0 Å². The lowest BCUT2D eigenvalue weighted by molar-refractivity contribution is -0.309. The van der Waals surface area contributed by atoms with Gasteiger partial charge < -0.3 is 29.3 Å². The number of amides is 1. The number of aromatic nitrogens is 1. The van der Waals surface area contributed by atoms with E-state index in [2.05, 4.69) is 5.32 Å². The number of carbonyl (C=O) groups excluding carboxylic acids is 2. The summed E-state index contributed by atoms with van der Waals surface area (Å²) >= 11 is 0. The first-order valence-electron chi connectivity index (χ1n) is 7.53. The van der Waals surface area contributed by atoms with E-state index in [1.807, 2.05) is 0 Å². The fraction of sp³-hybridized carbons (Fsp3) is 0.412. The summed E-state index contributed by atoms with van der Waals surface area (Å²) in [5.41, 5.74) is 0.997. The number of aliphatic carboxylic acids is 1. The third-order valence-corrected chi connectivity index (χ3v) is 4.00. The van der Waals surface area contributed by atoms with Crippen LogP contribution >= 0.6 is 0 Å². The molecular formula is C17H21N2O5-. The van der Waals surface area contributed by atoms with Crippen molar-refractivity contribution in [3.8, 4) is 11.5 Å². The van der Waals surface area contributed by atoms with E-state index >= 15 is 0 Å². The number of nitrogens with one attached hydrogen (secondary N) is 1. The van der Waals surface area contributed by atoms with Crippen molar-refractivity contribution in [2.24, 2.45) is 13.0 Å². The summed E-state index contributed by atoms with van der Waals surface area (Å²) in [4.78, 5) is 23.7. The van der Waals surface area contributed by atoms with Crippen molar-refractivity contribution in [1.29, 1.82) is 0 Å². The van der Waals surface area contributed by atoms with Gasteiger partial charge in [-0.25, -0.2) is 0 Å². The Labute approximate surface area is 140 Å². The highest BCUT2D eigenvalue weighted by Crippen LogP contribution is 2.35. The van der Waals surface area contributed by atoms with Gasteiger partial charge in [0, 0.05) is 12.4 Å². The van der Waals surface area contributed by atoms with Gasteiger partial charge in [0.1, 0.15) is 17.2 Å². The van der Waals surface area contributed by atoms with Crippen LogP contribution < -0.4 is 19.9 Å². The maximum Gasteiger partial charge on any atom is 0.268 e. The van der Waals surface area contributed by atoms with Crippen molar-refractivity contribution in [3.05, 3.63) is 23.9 Å². The number of benzene rings is 1. The lowest BCUT2D eigenvalue weighted by Gasteiger charge is -2.23. The molecule has 1 heterocycles. The maximum atomic E-state index is 12.5. The lowest BCUT2D eigenvalue weighted by atomic mass is 10.0. The fourth-order valence-corrected chi connectivity index (χ4v) is 2.68. The number of hydrogen-bond acceptors (Lipinski definition) is 5. The predicted molar refractivity (Wildman–Crippen MR) is 87.1 cm³/mol. The van der Waals surface area contributed by atoms with Crippen molar-refractivity contribution in [2.45, 2.75) is 19.9 Å². The van der Waals surface area contributed by atoms with Crippen LogP contribution in [-0.4, -0.2) is 36.7 Å². The molecule has 2 rings (SSSR count). The molecule has 0 saturated heterocycles. The number of aryl methyl sites for hydroxylation is 1. The van der Waals surface area contributed by atoms with Crippen LogP contribution in [0, 0.1) is 5.92 Å². The van der Waals surface area contributed by atoms with Gasteiger partial charge in [0.05, 0.1) is 31.7 Å². The van der Waals surface area contributed by atoms with E-state index in [0.717, 1.165) is 0 Å². The molecule has 130 valence electrons. The summed E-state index contributed by atoms with van der Waals surface area (Å²) in [6.45, 7) is 3.41. The second-order valence-electron chi connectivity index (χ2n) is 5.84. The predicted octanol–water partition coefficient (Wildman–Crippen LogP) is 0.700. The zero-order chi connectivity index (χ0) is 18.0. The molecule has 7 nitrogen and oxygen atoms in total. The molecule has 24 heavy (non-hydrogen) atoms. The normalized spacial score (nSPS) is 12.2. The smallest absolute Gasteiger partial charge is 0.268 e. The molecule has 1 aromatic heterocycles. The van der Waals surface area contributed by atoms with Crippen LogP contribution in [0.15, 0.2) is 18.2 Å². The minimum absolute atomic E-state index is 0.294. The first-order chi connectivity index (χ1) is 11.3. The average Bonchev–Trinajstić information content (AvgIpc) is 2.89. The molecule has 1 atom stereocenters. The molecule has 0 unspecified atom stereocenters. The van der Waals surface area contributed by atoms with Crippen LogP contribution in [0.5, 0.6) is 11.5 Å². The number of rotatable bonds is 6. The van der Waals surface area contributed by atoms with E-state index < -0.39 is 17.9 Å². The van der Waals surface area contributed by atoms with E-state index in [9.17, 15) is 14.7 Å². The molecule has 0 saturated carbocycles. The number of fused-ring (bicyclic) bond motifs is 1. The average molecular weight is 333 g/mol. The summed E-state index contributed by atoms with van der Waals surface area (Å²) < 4.78 is 12.3. The molecule has 1 amide bonds. The molecule has 1 aromatic carbocycles. The Hall–Kier alpha value is -2.70. The minimum Gasteiger partial charge on any atom is -0.548 e. The summed E-state index contributed by atoms with van der Waals surface area (Å²) in [6.07, 6.45) is 0. The third kappa shape index (κ3) is 3.02. The largest absolute Gasteiger partial charge is 0.548 e. The lowest BCUT2D eigenvalue weighted by Crippen LogP contribution is -2.51. The summed E-state index contributed by atoms with van der Waals surface area (Å²) in [7, 11) is 4.79. The van der Waals surface area contributed by atoms with Gasteiger partial charge in [-0.05, 0) is 24.1 Å². The number of hydrogen-bond donors (Lipinski definition) is 1. The van der Waals surface area contributed by atoms with Crippen molar-refractivity contribution in [3.63, 3.8) is 0 Å². The quantitative estimate of drug-likeness (QED) is 0.840. The Morgan fingerprint density at radius 2 is 1.75 bits per heavy atom. The van der Waals surface area contributed by atoms with Crippen LogP contribution in [0.1, 0.15) is 24.3 Å². The molecule has 2 aromatic rings. The monoisotopic (exact) mass is 333 g/mol. The van der Waals surface area contributed by atoms with Crippen LogP contribution in [0.2, 0.25) is 0 Å². The van der Waals surface area contributed by atoms with Gasteiger partial charge >= 0.3 is 0 Å². The van der Waals surface area contributed by atoms with E-state index in [0.29, 0.717) is 28.1 Å². The maximum absolute atomic E-state index is 12.5. The SMILES string of the molecule is COc1ccc(OC)c2c1cc(C(=O)N[C@H](C(=O)[O-])C(C)C)n2C. The molecule has 0 spiro atoms. The molecule has 1 N–H and O–H groups in total. The van der Waals surface area contributed by atoms with Crippen molar-refractivity contribution in [2.75, 3.05) is 14.2 Å². The first-order valence-corrected chi connectivity index (χ1v) is 7.53. The molecule has 7 heteroatoms. The van der Waals surface area contributed by atoms with Crippen molar-refractivity contribution in [1.82, 2.24) is 9.88 Å². The second-order valence-corrected chi connectivity index (χ2v) is 5.84.